The number of amides is 1. The van der Waals surface area contributed by atoms with Crippen molar-refractivity contribution in [1.82, 2.24) is 14.5 Å². The molecule has 0 fully saturated rings. The van der Waals surface area contributed by atoms with Crippen molar-refractivity contribution in [1.29, 1.82) is 0 Å². The lowest BCUT2D eigenvalue weighted by atomic mass is 10.2. The van der Waals surface area contributed by atoms with Gasteiger partial charge in [-0.3, -0.25) is 18.7 Å². The highest BCUT2D eigenvalue weighted by Gasteiger charge is 2.22. The van der Waals surface area contributed by atoms with Gasteiger partial charge < -0.3 is 5.32 Å². The Labute approximate surface area is 138 Å². The fourth-order valence-corrected chi connectivity index (χ4v) is 2.69. The van der Waals surface area contributed by atoms with Crippen molar-refractivity contribution in [2.24, 2.45) is 0 Å². The standard InChI is InChI=1S/C16H20ClN3O3/c1-5-19-15(22)12-7-6-11(17)8-13(12)20(16(19)23)10(4)14(21)18-9(2)3/h6-10H,5H2,1-4H3,(H,18,21). The van der Waals surface area contributed by atoms with Crippen LogP contribution in [0.2, 0.25) is 5.02 Å². The number of nitrogens with zero attached hydrogens (tertiary/aromatic N) is 2. The Kier molecular flexibility index (Phi) is 4.94. The van der Waals surface area contributed by atoms with E-state index in [9.17, 15) is 14.4 Å². The monoisotopic (exact) mass is 337 g/mol. The van der Waals surface area contributed by atoms with Crippen LogP contribution in [0.15, 0.2) is 27.8 Å². The molecule has 23 heavy (non-hydrogen) atoms. The Morgan fingerprint density at radius 1 is 1.26 bits per heavy atom. The topological polar surface area (TPSA) is 73.1 Å². The minimum atomic E-state index is -0.760. The zero-order chi connectivity index (χ0) is 17.3. The Hall–Kier alpha value is -2.08. The molecule has 1 unspecified atom stereocenters. The van der Waals surface area contributed by atoms with Gasteiger partial charge in [0.05, 0.1) is 10.9 Å². The molecular formula is C16H20ClN3O3. The Morgan fingerprint density at radius 2 is 1.91 bits per heavy atom. The summed E-state index contributed by atoms with van der Waals surface area (Å²) in [7, 11) is 0. The van der Waals surface area contributed by atoms with Crippen LogP contribution in [0.25, 0.3) is 10.9 Å². The molecule has 0 radical (unpaired) electrons. The lowest BCUT2D eigenvalue weighted by Gasteiger charge is -2.20. The maximum Gasteiger partial charge on any atom is 0.332 e. The van der Waals surface area contributed by atoms with Gasteiger partial charge in [0, 0.05) is 17.6 Å². The van der Waals surface area contributed by atoms with Crippen molar-refractivity contribution in [3.8, 4) is 0 Å². The molecular weight excluding hydrogens is 318 g/mol. The van der Waals surface area contributed by atoms with E-state index in [1.807, 2.05) is 13.8 Å². The van der Waals surface area contributed by atoms with E-state index >= 15 is 0 Å². The molecule has 1 N–H and O–H groups in total. The van der Waals surface area contributed by atoms with Crippen LogP contribution < -0.4 is 16.6 Å². The number of nitrogens with one attached hydrogen (secondary N) is 1. The van der Waals surface area contributed by atoms with E-state index in [0.717, 1.165) is 4.57 Å². The van der Waals surface area contributed by atoms with Crippen molar-refractivity contribution in [3.63, 3.8) is 0 Å². The molecule has 1 atom stereocenters. The summed E-state index contributed by atoms with van der Waals surface area (Å²) in [5, 5.41) is 3.54. The first-order valence-electron chi connectivity index (χ1n) is 7.52. The average molecular weight is 338 g/mol. The number of aromatic nitrogens is 2. The summed E-state index contributed by atoms with van der Waals surface area (Å²) < 4.78 is 2.44. The molecule has 0 aliphatic rings. The first kappa shape index (κ1) is 17.3. The number of carbonyl (C=O) groups is 1. The third-order valence-corrected chi connectivity index (χ3v) is 3.88. The highest BCUT2D eigenvalue weighted by Crippen LogP contribution is 2.18. The van der Waals surface area contributed by atoms with E-state index in [4.69, 9.17) is 11.6 Å². The second kappa shape index (κ2) is 6.58. The third kappa shape index (κ3) is 3.17. The SMILES string of the molecule is CCn1c(=O)c2ccc(Cl)cc2n(C(C)C(=O)NC(C)C)c1=O. The summed E-state index contributed by atoms with van der Waals surface area (Å²) in [5.41, 5.74) is -0.529. The number of fused-ring (bicyclic) bond motifs is 1. The summed E-state index contributed by atoms with van der Waals surface area (Å²) in [6.07, 6.45) is 0. The number of hydrogen-bond donors (Lipinski definition) is 1. The van der Waals surface area contributed by atoms with E-state index < -0.39 is 11.7 Å². The van der Waals surface area contributed by atoms with Crippen LogP contribution in [0.3, 0.4) is 0 Å². The second-order valence-corrected chi connectivity index (χ2v) is 6.14. The normalized spacial score (nSPS) is 12.6. The second-order valence-electron chi connectivity index (χ2n) is 5.70. The summed E-state index contributed by atoms with van der Waals surface area (Å²) in [6, 6.07) is 3.91. The van der Waals surface area contributed by atoms with Gasteiger partial charge in [-0.15, -0.1) is 0 Å². The first-order valence-corrected chi connectivity index (χ1v) is 7.90. The largest absolute Gasteiger partial charge is 0.352 e. The van der Waals surface area contributed by atoms with Gasteiger partial charge in [-0.05, 0) is 45.9 Å². The van der Waals surface area contributed by atoms with Crippen LogP contribution in [0.4, 0.5) is 0 Å². The van der Waals surface area contributed by atoms with Crippen molar-refractivity contribution in [2.75, 3.05) is 0 Å². The molecule has 0 bridgehead atoms. The van der Waals surface area contributed by atoms with Crippen LogP contribution in [0.5, 0.6) is 0 Å². The van der Waals surface area contributed by atoms with E-state index in [1.54, 1.807) is 32.0 Å². The molecule has 0 aliphatic heterocycles. The third-order valence-electron chi connectivity index (χ3n) is 3.65. The molecule has 2 rings (SSSR count). The highest BCUT2D eigenvalue weighted by atomic mass is 35.5. The lowest BCUT2D eigenvalue weighted by Crippen LogP contribution is -2.45. The number of halogens is 1. The predicted molar refractivity (Wildman–Crippen MR) is 91.1 cm³/mol. The summed E-state index contributed by atoms with van der Waals surface area (Å²) in [6.45, 7) is 7.26. The van der Waals surface area contributed by atoms with Gasteiger partial charge in [0.15, 0.2) is 0 Å². The highest BCUT2D eigenvalue weighted by molar-refractivity contribution is 6.31. The predicted octanol–water partition coefficient (Wildman–Crippen LogP) is 1.92. The van der Waals surface area contributed by atoms with Crippen LogP contribution in [-0.4, -0.2) is 21.1 Å². The molecule has 1 amide bonds. The van der Waals surface area contributed by atoms with Gasteiger partial charge in [-0.25, -0.2) is 4.79 Å². The Balaban J connectivity index is 2.80. The summed E-state index contributed by atoms with van der Waals surface area (Å²) in [4.78, 5) is 37.4. The van der Waals surface area contributed by atoms with Crippen LogP contribution in [-0.2, 0) is 11.3 Å². The summed E-state index contributed by atoms with van der Waals surface area (Å²) in [5.74, 6) is -0.287. The minimum absolute atomic E-state index is 0.0485. The minimum Gasteiger partial charge on any atom is -0.352 e. The molecule has 2 aromatic rings. The number of hydrogen-bond acceptors (Lipinski definition) is 3. The zero-order valence-corrected chi connectivity index (χ0v) is 14.3. The van der Waals surface area contributed by atoms with Crippen LogP contribution >= 0.6 is 11.6 Å². The van der Waals surface area contributed by atoms with Gasteiger partial charge in [-0.1, -0.05) is 11.6 Å². The van der Waals surface area contributed by atoms with Gasteiger partial charge in [0.2, 0.25) is 5.91 Å². The number of rotatable bonds is 4. The lowest BCUT2D eigenvalue weighted by molar-refractivity contribution is -0.124. The first-order chi connectivity index (χ1) is 10.8. The van der Waals surface area contributed by atoms with Gasteiger partial charge in [0.1, 0.15) is 6.04 Å². The van der Waals surface area contributed by atoms with E-state index in [1.165, 1.54) is 4.57 Å². The molecule has 1 aromatic carbocycles. The molecule has 6 nitrogen and oxygen atoms in total. The maximum atomic E-state index is 12.7. The molecule has 7 heteroatoms. The summed E-state index contributed by atoms with van der Waals surface area (Å²) >= 11 is 6.01. The van der Waals surface area contributed by atoms with Crippen LogP contribution in [0.1, 0.15) is 33.7 Å². The van der Waals surface area contributed by atoms with Crippen molar-refractivity contribution in [3.05, 3.63) is 44.1 Å². The van der Waals surface area contributed by atoms with Crippen LogP contribution in [0, 0.1) is 0 Å². The molecule has 124 valence electrons. The average Bonchev–Trinajstić information content (AvgIpc) is 2.46. The van der Waals surface area contributed by atoms with Gasteiger partial charge in [-0.2, -0.15) is 0 Å². The van der Waals surface area contributed by atoms with E-state index in [2.05, 4.69) is 5.32 Å². The molecule has 0 saturated heterocycles. The van der Waals surface area contributed by atoms with Crippen molar-refractivity contribution >= 4 is 28.4 Å². The molecule has 1 heterocycles. The Bertz CT molecular complexity index is 867. The quantitative estimate of drug-likeness (QED) is 0.926. The molecule has 0 aliphatic carbocycles. The fourth-order valence-electron chi connectivity index (χ4n) is 2.53. The van der Waals surface area contributed by atoms with E-state index in [0.29, 0.717) is 15.9 Å². The van der Waals surface area contributed by atoms with Gasteiger partial charge >= 0.3 is 5.69 Å². The molecule has 0 saturated carbocycles. The molecule has 1 aromatic heterocycles. The zero-order valence-electron chi connectivity index (χ0n) is 13.6. The van der Waals surface area contributed by atoms with Crippen molar-refractivity contribution < 1.29 is 4.79 Å². The number of benzene rings is 1. The Morgan fingerprint density at radius 3 is 2.48 bits per heavy atom. The molecule has 0 spiro atoms. The van der Waals surface area contributed by atoms with Gasteiger partial charge in [0.25, 0.3) is 5.56 Å². The smallest absolute Gasteiger partial charge is 0.332 e. The number of carbonyl (C=O) groups excluding carboxylic acids is 1. The fraction of sp³-hybridized carbons (Fsp3) is 0.438. The van der Waals surface area contributed by atoms with Crippen molar-refractivity contribution in [2.45, 2.75) is 46.3 Å². The maximum absolute atomic E-state index is 12.7. The van der Waals surface area contributed by atoms with E-state index in [-0.39, 0.29) is 24.1 Å².